The fraction of sp³-hybridized carbons (Fsp3) is 0.412. The fourth-order valence-corrected chi connectivity index (χ4v) is 3.00. The van der Waals surface area contributed by atoms with Crippen LogP contribution in [0.1, 0.15) is 46.7 Å². The van der Waals surface area contributed by atoms with Crippen molar-refractivity contribution in [3.05, 3.63) is 39.3 Å². The average Bonchev–Trinajstić information content (AvgIpc) is 2.85. The number of carbonyl (C=O) groups is 1. The second-order valence-electron chi connectivity index (χ2n) is 6.21. The standard InChI is InChI=1S/C17H21NO4S/c1-10-15(16(19)20)23-14(18-10)9-22-13-7-6-11(21-5)8-12(13)17(2,3)4/h6-8H,9H2,1-5H3,(H,19,20)/p-1. The van der Waals surface area contributed by atoms with Crippen molar-refractivity contribution in [2.45, 2.75) is 39.7 Å². The topological polar surface area (TPSA) is 71.5 Å². The first-order valence-corrected chi connectivity index (χ1v) is 8.03. The van der Waals surface area contributed by atoms with Crippen LogP contribution >= 0.6 is 11.3 Å². The maximum Gasteiger partial charge on any atom is 0.140 e. The number of aromatic carboxylic acids is 1. The minimum atomic E-state index is -1.20. The van der Waals surface area contributed by atoms with Gasteiger partial charge in [0, 0.05) is 5.56 Å². The van der Waals surface area contributed by atoms with Crippen LogP contribution in [-0.2, 0) is 12.0 Å². The van der Waals surface area contributed by atoms with Gasteiger partial charge in [-0.15, -0.1) is 11.3 Å². The molecular weight excluding hydrogens is 314 g/mol. The first kappa shape index (κ1) is 17.3. The van der Waals surface area contributed by atoms with Crippen molar-refractivity contribution >= 4 is 17.3 Å². The number of aromatic nitrogens is 1. The summed E-state index contributed by atoms with van der Waals surface area (Å²) in [6.07, 6.45) is 0. The summed E-state index contributed by atoms with van der Waals surface area (Å²) in [7, 11) is 1.63. The third kappa shape index (κ3) is 4.01. The molecule has 0 aliphatic heterocycles. The molecule has 0 radical (unpaired) electrons. The number of carbonyl (C=O) groups excluding carboxylic acids is 1. The van der Waals surface area contributed by atoms with Gasteiger partial charge in [0.25, 0.3) is 0 Å². The molecule has 0 bridgehead atoms. The molecule has 124 valence electrons. The van der Waals surface area contributed by atoms with Crippen LogP contribution in [0.25, 0.3) is 0 Å². The summed E-state index contributed by atoms with van der Waals surface area (Å²) in [5.41, 5.74) is 1.36. The number of methoxy groups -OCH3 is 1. The normalized spacial score (nSPS) is 11.3. The highest BCUT2D eigenvalue weighted by Gasteiger charge is 2.20. The van der Waals surface area contributed by atoms with Gasteiger partial charge >= 0.3 is 0 Å². The SMILES string of the molecule is COc1ccc(OCc2nc(C)c(C(=O)[O-])s2)c(C(C)(C)C)c1. The smallest absolute Gasteiger partial charge is 0.140 e. The van der Waals surface area contributed by atoms with Crippen LogP contribution < -0.4 is 14.6 Å². The Balaban J connectivity index is 2.23. The second kappa shape index (κ2) is 6.58. The van der Waals surface area contributed by atoms with Gasteiger partial charge in [0.05, 0.1) is 23.7 Å². The number of aryl methyl sites for hydroxylation is 1. The lowest BCUT2D eigenvalue weighted by Crippen LogP contribution is -2.21. The summed E-state index contributed by atoms with van der Waals surface area (Å²) >= 11 is 1.09. The Bertz CT molecular complexity index is 716. The molecule has 1 heterocycles. The zero-order valence-electron chi connectivity index (χ0n) is 13.9. The molecule has 0 saturated heterocycles. The molecule has 0 fully saturated rings. The van der Waals surface area contributed by atoms with Gasteiger partial charge < -0.3 is 19.4 Å². The molecule has 0 saturated carbocycles. The van der Waals surface area contributed by atoms with Gasteiger partial charge in [-0.1, -0.05) is 20.8 Å². The van der Waals surface area contributed by atoms with E-state index in [0.717, 1.165) is 28.4 Å². The third-order valence-electron chi connectivity index (χ3n) is 3.37. The largest absolute Gasteiger partial charge is 0.544 e. The molecule has 6 heteroatoms. The molecule has 23 heavy (non-hydrogen) atoms. The summed E-state index contributed by atoms with van der Waals surface area (Å²) in [6.45, 7) is 8.15. The van der Waals surface area contributed by atoms with E-state index in [-0.39, 0.29) is 16.9 Å². The average molecular weight is 334 g/mol. The predicted molar refractivity (Wildman–Crippen MR) is 87.2 cm³/mol. The zero-order chi connectivity index (χ0) is 17.2. The lowest BCUT2D eigenvalue weighted by Gasteiger charge is -2.23. The third-order valence-corrected chi connectivity index (χ3v) is 4.48. The summed E-state index contributed by atoms with van der Waals surface area (Å²) in [5, 5.41) is 11.6. The van der Waals surface area contributed by atoms with Gasteiger partial charge in [0.15, 0.2) is 0 Å². The molecule has 0 unspecified atom stereocenters. The Labute approximate surface area is 139 Å². The van der Waals surface area contributed by atoms with E-state index in [1.54, 1.807) is 14.0 Å². The summed E-state index contributed by atoms with van der Waals surface area (Å²) in [5.74, 6) is 0.304. The lowest BCUT2D eigenvalue weighted by molar-refractivity contribution is -0.254. The van der Waals surface area contributed by atoms with Crippen molar-refractivity contribution in [1.29, 1.82) is 0 Å². The van der Waals surface area contributed by atoms with E-state index in [1.807, 2.05) is 18.2 Å². The van der Waals surface area contributed by atoms with E-state index < -0.39 is 5.97 Å². The maximum atomic E-state index is 11.0. The molecule has 0 aliphatic carbocycles. The van der Waals surface area contributed by atoms with Crippen LogP contribution in [-0.4, -0.2) is 18.1 Å². The molecule has 0 N–H and O–H groups in total. The van der Waals surface area contributed by atoms with Gasteiger partial charge in [-0.3, -0.25) is 0 Å². The minimum absolute atomic E-state index is 0.112. The van der Waals surface area contributed by atoms with Crippen molar-refractivity contribution < 1.29 is 19.4 Å². The molecule has 5 nitrogen and oxygen atoms in total. The number of ether oxygens (including phenoxy) is 2. The number of rotatable bonds is 5. The fourth-order valence-electron chi connectivity index (χ4n) is 2.19. The number of nitrogens with zero attached hydrogens (tertiary/aromatic N) is 1. The Morgan fingerprint density at radius 2 is 2.04 bits per heavy atom. The van der Waals surface area contributed by atoms with E-state index in [0.29, 0.717) is 10.7 Å². The molecule has 1 aromatic heterocycles. The van der Waals surface area contributed by atoms with Crippen molar-refractivity contribution in [3.63, 3.8) is 0 Å². The van der Waals surface area contributed by atoms with E-state index in [1.165, 1.54) is 0 Å². The number of carboxylic acid groups (broad SMARTS) is 1. The van der Waals surface area contributed by atoms with Gasteiger partial charge in [-0.05, 0) is 30.5 Å². The van der Waals surface area contributed by atoms with Gasteiger partial charge in [0.2, 0.25) is 0 Å². The maximum absolute atomic E-state index is 11.0. The number of thiazole rings is 1. The summed E-state index contributed by atoms with van der Waals surface area (Å²) in [4.78, 5) is 15.3. The van der Waals surface area contributed by atoms with Crippen LogP contribution in [0, 0.1) is 6.92 Å². The van der Waals surface area contributed by atoms with Crippen LogP contribution in [0.15, 0.2) is 18.2 Å². The molecule has 0 aliphatic rings. The Hall–Kier alpha value is -2.08. The first-order chi connectivity index (χ1) is 10.7. The van der Waals surface area contributed by atoms with Gasteiger partial charge in [-0.2, -0.15) is 0 Å². The molecule has 0 atom stereocenters. The molecule has 1 aromatic carbocycles. The Morgan fingerprint density at radius 3 is 2.57 bits per heavy atom. The van der Waals surface area contributed by atoms with Gasteiger partial charge in [0.1, 0.15) is 23.1 Å². The van der Waals surface area contributed by atoms with E-state index in [9.17, 15) is 9.90 Å². The van der Waals surface area contributed by atoms with Crippen molar-refractivity contribution in [2.24, 2.45) is 0 Å². The van der Waals surface area contributed by atoms with Crippen LogP contribution in [0.2, 0.25) is 0 Å². The Kier molecular flexibility index (Phi) is 4.94. The van der Waals surface area contributed by atoms with Gasteiger partial charge in [-0.25, -0.2) is 4.98 Å². The minimum Gasteiger partial charge on any atom is -0.544 e. The highest BCUT2D eigenvalue weighted by molar-refractivity contribution is 7.13. The van der Waals surface area contributed by atoms with Crippen molar-refractivity contribution in [1.82, 2.24) is 4.98 Å². The highest BCUT2D eigenvalue weighted by Crippen LogP contribution is 2.35. The number of carboxylic acids is 1. The van der Waals surface area contributed by atoms with E-state index in [4.69, 9.17) is 9.47 Å². The second-order valence-corrected chi connectivity index (χ2v) is 7.29. The molecule has 2 rings (SSSR count). The predicted octanol–water partition coefficient (Wildman–Crippen LogP) is 2.70. The zero-order valence-corrected chi connectivity index (χ0v) is 14.7. The van der Waals surface area contributed by atoms with E-state index in [2.05, 4.69) is 25.8 Å². The van der Waals surface area contributed by atoms with Crippen LogP contribution in [0.4, 0.5) is 0 Å². The van der Waals surface area contributed by atoms with Crippen molar-refractivity contribution in [2.75, 3.05) is 7.11 Å². The lowest BCUT2D eigenvalue weighted by atomic mass is 9.86. The number of hydrogen-bond donors (Lipinski definition) is 0. The highest BCUT2D eigenvalue weighted by atomic mass is 32.1. The van der Waals surface area contributed by atoms with Crippen LogP contribution in [0.5, 0.6) is 11.5 Å². The quantitative estimate of drug-likeness (QED) is 0.841. The summed E-state index contributed by atoms with van der Waals surface area (Å²) in [6, 6.07) is 5.65. The number of hydrogen-bond acceptors (Lipinski definition) is 6. The van der Waals surface area contributed by atoms with E-state index >= 15 is 0 Å². The Morgan fingerprint density at radius 1 is 1.35 bits per heavy atom. The summed E-state index contributed by atoms with van der Waals surface area (Å²) < 4.78 is 11.2. The number of benzene rings is 1. The molecule has 0 spiro atoms. The van der Waals surface area contributed by atoms with Crippen molar-refractivity contribution in [3.8, 4) is 11.5 Å². The van der Waals surface area contributed by atoms with Crippen LogP contribution in [0.3, 0.4) is 0 Å². The molecular formula is C17H20NO4S-. The monoisotopic (exact) mass is 334 g/mol. The molecule has 2 aromatic rings. The first-order valence-electron chi connectivity index (χ1n) is 7.21. The molecule has 0 amide bonds.